The lowest BCUT2D eigenvalue weighted by Crippen LogP contribution is -2.14. The van der Waals surface area contributed by atoms with Crippen LogP contribution in [0.25, 0.3) is 0 Å². The third-order valence-corrected chi connectivity index (χ3v) is 3.48. The summed E-state index contributed by atoms with van der Waals surface area (Å²) in [4.78, 5) is 11.8. The van der Waals surface area contributed by atoms with Gasteiger partial charge in [0.05, 0.1) is 12.3 Å². The van der Waals surface area contributed by atoms with E-state index in [0.717, 1.165) is 17.3 Å². The average Bonchev–Trinajstić information content (AvgIpc) is 2.89. The topological polar surface area (TPSA) is 94.0 Å². The number of halogens is 1. The van der Waals surface area contributed by atoms with Crippen molar-refractivity contribution in [3.8, 4) is 0 Å². The fourth-order valence-electron chi connectivity index (χ4n) is 1.42. The predicted octanol–water partition coefficient (Wildman–Crippen LogP) is 2.22. The molecule has 2 aromatic rings. The number of carbonyl (C=O) groups is 1. The third-order valence-electron chi connectivity index (χ3n) is 2.42. The van der Waals surface area contributed by atoms with Crippen molar-refractivity contribution < 1.29 is 9.21 Å². The van der Waals surface area contributed by atoms with Crippen molar-refractivity contribution in [2.45, 2.75) is 18.7 Å². The molecule has 0 aliphatic heterocycles. The summed E-state index contributed by atoms with van der Waals surface area (Å²) in [6, 6.07) is 5.32. The number of nitrogens with one attached hydrogen (secondary N) is 1. The van der Waals surface area contributed by atoms with Gasteiger partial charge in [-0.2, -0.15) is 0 Å². The molecule has 0 saturated carbocycles. The summed E-state index contributed by atoms with van der Waals surface area (Å²) < 4.78 is 5.19. The Morgan fingerprint density at radius 3 is 3.00 bits per heavy atom. The van der Waals surface area contributed by atoms with Gasteiger partial charge in [0, 0.05) is 10.7 Å². The van der Waals surface area contributed by atoms with Gasteiger partial charge in [0.25, 0.3) is 5.22 Å². The van der Waals surface area contributed by atoms with Crippen molar-refractivity contribution >= 4 is 35.0 Å². The van der Waals surface area contributed by atoms with Crippen LogP contribution in [0.2, 0.25) is 5.02 Å². The average molecular weight is 313 g/mol. The van der Waals surface area contributed by atoms with Crippen LogP contribution in [-0.2, 0) is 11.3 Å². The standard InChI is InChI=1S/C12H13ClN4O2S/c1-7-2-3-8(13)4-9(7)15-10(18)6-20-12-17-16-11(5-14)19-12/h2-4H,5-6,14H2,1H3,(H,15,18). The van der Waals surface area contributed by atoms with Crippen LogP contribution in [0.3, 0.4) is 0 Å². The number of rotatable bonds is 5. The van der Waals surface area contributed by atoms with Crippen molar-refractivity contribution in [2.75, 3.05) is 11.1 Å². The van der Waals surface area contributed by atoms with Crippen LogP contribution in [0.1, 0.15) is 11.5 Å². The van der Waals surface area contributed by atoms with E-state index < -0.39 is 0 Å². The molecular formula is C12H13ClN4O2S. The molecule has 1 amide bonds. The maximum Gasteiger partial charge on any atom is 0.277 e. The summed E-state index contributed by atoms with van der Waals surface area (Å²) in [7, 11) is 0. The van der Waals surface area contributed by atoms with E-state index in [1.165, 1.54) is 0 Å². The van der Waals surface area contributed by atoms with E-state index >= 15 is 0 Å². The van der Waals surface area contributed by atoms with Gasteiger partial charge >= 0.3 is 0 Å². The van der Waals surface area contributed by atoms with Crippen LogP contribution in [0.5, 0.6) is 0 Å². The predicted molar refractivity (Wildman–Crippen MR) is 77.7 cm³/mol. The van der Waals surface area contributed by atoms with E-state index in [1.807, 2.05) is 13.0 Å². The highest BCUT2D eigenvalue weighted by molar-refractivity contribution is 7.99. The van der Waals surface area contributed by atoms with Gasteiger partial charge in [-0.1, -0.05) is 29.4 Å². The first-order valence-electron chi connectivity index (χ1n) is 5.79. The van der Waals surface area contributed by atoms with Gasteiger partial charge in [-0.15, -0.1) is 10.2 Å². The molecule has 3 N–H and O–H groups in total. The number of aromatic nitrogens is 2. The van der Waals surface area contributed by atoms with Gasteiger partial charge in [-0.25, -0.2) is 0 Å². The van der Waals surface area contributed by atoms with E-state index in [1.54, 1.807) is 12.1 Å². The molecule has 0 atom stereocenters. The minimum atomic E-state index is -0.173. The van der Waals surface area contributed by atoms with Gasteiger partial charge in [-0.3, -0.25) is 4.79 Å². The van der Waals surface area contributed by atoms with Crippen LogP contribution in [0, 0.1) is 6.92 Å². The number of aryl methyl sites for hydroxylation is 1. The Morgan fingerprint density at radius 2 is 2.30 bits per heavy atom. The first kappa shape index (κ1) is 14.8. The molecule has 0 fully saturated rings. The lowest BCUT2D eigenvalue weighted by atomic mass is 10.2. The summed E-state index contributed by atoms with van der Waals surface area (Å²) in [6.45, 7) is 2.08. The molecule has 2 rings (SSSR count). The van der Waals surface area contributed by atoms with E-state index in [-0.39, 0.29) is 18.2 Å². The molecule has 0 bridgehead atoms. The Kier molecular flexibility index (Phi) is 4.99. The maximum atomic E-state index is 11.8. The number of hydrogen-bond donors (Lipinski definition) is 2. The van der Waals surface area contributed by atoms with Crippen LogP contribution >= 0.6 is 23.4 Å². The Bertz CT molecular complexity index is 617. The van der Waals surface area contributed by atoms with Crippen molar-refractivity contribution in [1.29, 1.82) is 0 Å². The number of carbonyl (C=O) groups excluding carboxylic acids is 1. The number of nitrogens with zero attached hydrogens (tertiary/aromatic N) is 2. The maximum absolute atomic E-state index is 11.8. The van der Waals surface area contributed by atoms with Crippen molar-refractivity contribution in [3.05, 3.63) is 34.7 Å². The van der Waals surface area contributed by atoms with Gasteiger partial charge < -0.3 is 15.5 Å². The minimum Gasteiger partial charge on any atom is -0.415 e. The third kappa shape index (κ3) is 3.96. The molecule has 20 heavy (non-hydrogen) atoms. The molecule has 1 heterocycles. The van der Waals surface area contributed by atoms with Crippen molar-refractivity contribution in [3.63, 3.8) is 0 Å². The molecule has 0 spiro atoms. The summed E-state index contributed by atoms with van der Waals surface area (Å²) in [5, 5.41) is 11.2. The largest absolute Gasteiger partial charge is 0.415 e. The molecule has 106 valence electrons. The lowest BCUT2D eigenvalue weighted by Gasteiger charge is -2.07. The number of thioether (sulfide) groups is 1. The monoisotopic (exact) mass is 312 g/mol. The van der Waals surface area contributed by atoms with Gasteiger partial charge in [0.2, 0.25) is 11.8 Å². The summed E-state index contributed by atoms with van der Waals surface area (Å²) in [5.41, 5.74) is 6.99. The molecule has 0 saturated heterocycles. The fraction of sp³-hybridized carbons (Fsp3) is 0.250. The molecule has 0 aliphatic rings. The van der Waals surface area contributed by atoms with Crippen LogP contribution in [0.4, 0.5) is 5.69 Å². The number of nitrogens with two attached hydrogens (primary N) is 1. The Morgan fingerprint density at radius 1 is 1.50 bits per heavy atom. The van der Waals surface area contributed by atoms with Crippen LogP contribution < -0.4 is 11.1 Å². The highest BCUT2D eigenvalue weighted by Crippen LogP contribution is 2.21. The Labute approximate surface area is 125 Å². The van der Waals surface area contributed by atoms with Crippen molar-refractivity contribution in [2.24, 2.45) is 5.73 Å². The van der Waals surface area contributed by atoms with E-state index in [2.05, 4.69) is 15.5 Å². The molecule has 1 aromatic heterocycles. The molecule has 6 nitrogen and oxygen atoms in total. The Hall–Kier alpha value is -1.57. The molecule has 1 aromatic carbocycles. The van der Waals surface area contributed by atoms with E-state index in [0.29, 0.717) is 21.8 Å². The zero-order valence-electron chi connectivity index (χ0n) is 10.7. The lowest BCUT2D eigenvalue weighted by molar-refractivity contribution is -0.113. The van der Waals surface area contributed by atoms with Crippen LogP contribution in [-0.4, -0.2) is 21.9 Å². The molecule has 0 unspecified atom stereocenters. The van der Waals surface area contributed by atoms with E-state index in [9.17, 15) is 4.79 Å². The zero-order chi connectivity index (χ0) is 14.5. The first-order valence-corrected chi connectivity index (χ1v) is 7.16. The summed E-state index contributed by atoms with van der Waals surface area (Å²) in [6.07, 6.45) is 0. The minimum absolute atomic E-state index is 0.165. The number of hydrogen-bond acceptors (Lipinski definition) is 6. The molecule has 0 radical (unpaired) electrons. The molecule has 0 aliphatic carbocycles. The highest BCUT2D eigenvalue weighted by Gasteiger charge is 2.10. The second-order valence-corrected chi connectivity index (χ2v) is 5.32. The normalized spacial score (nSPS) is 10.6. The number of anilines is 1. The summed E-state index contributed by atoms with van der Waals surface area (Å²) >= 11 is 7.04. The molecule has 8 heteroatoms. The highest BCUT2D eigenvalue weighted by atomic mass is 35.5. The number of benzene rings is 1. The van der Waals surface area contributed by atoms with Crippen molar-refractivity contribution in [1.82, 2.24) is 10.2 Å². The second-order valence-electron chi connectivity index (χ2n) is 3.96. The quantitative estimate of drug-likeness (QED) is 0.822. The molecular weight excluding hydrogens is 300 g/mol. The van der Waals surface area contributed by atoms with Crippen LogP contribution in [0.15, 0.2) is 27.8 Å². The van der Waals surface area contributed by atoms with Gasteiger partial charge in [0.1, 0.15) is 0 Å². The SMILES string of the molecule is Cc1ccc(Cl)cc1NC(=O)CSc1nnc(CN)o1. The zero-order valence-corrected chi connectivity index (χ0v) is 12.3. The fourth-order valence-corrected chi connectivity index (χ4v) is 2.17. The number of amides is 1. The first-order chi connectivity index (χ1) is 9.58. The Balaban J connectivity index is 1.90. The van der Waals surface area contributed by atoms with E-state index in [4.69, 9.17) is 21.8 Å². The van der Waals surface area contributed by atoms with Gasteiger partial charge in [0.15, 0.2) is 0 Å². The summed E-state index contributed by atoms with van der Waals surface area (Å²) in [5.74, 6) is 0.337. The smallest absolute Gasteiger partial charge is 0.277 e. The van der Waals surface area contributed by atoms with Gasteiger partial charge in [-0.05, 0) is 24.6 Å². The second kappa shape index (κ2) is 6.74.